The number of sulfonamides is 1. The van der Waals surface area contributed by atoms with Crippen molar-refractivity contribution in [3.05, 3.63) is 89.5 Å². The number of carbonyl (C=O) groups is 1. The Bertz CT molecular complexity index is 1190. The fourth-order valence-corrected chi connectivity index (χ4v) is 5.05. The van der Waals surface area contributed by atoms with Crippen molar-refractivity contribution in [2.45, 2.75) is 24.8 Å². The number of benzene rings is 3. The Morgan fingerprint density at radius 2 is 1.74 bits per heavy atom. The third-order valence-corrected chi connectivity index (χ3v) is 7.11. The van der Waals surface area contributed by atoms with Crippen molar-refractivity contribution < 1.29 is 17.9 Å². The van der Waals surface area contributed by atoms with Crippen molar-refractivity contribution in [3.63, 3.8) is 0 Å². The van der Waals surface area contributed by atoms with Crippen molar-refractivity contribution in [2.24, 2.45) is 0 Å². The van der Waals surface area contributed by atoms with Crippen LogP contribution in [0.5, 0.6) is 5.75 Å². The molecule has 0 unspecified atom stereocenters. The predicted molar refractivity (Wildman–Crippen MR) is 120 cm³/mol. The third-order valence-electron chi connectivity index (χ3n) is 5.25. The molecule has 7 heteroatoms. The second-order valence-electron chi connectivity index (χ2n) is 7.30. The van der Waals surface area contributed by atoms with Gasteiger partial charge in [0.05, 0.1) is 11.5 Å². The number of hydrogen-bond acceptors (Lipinski definition) is 4. The van der Waals surface area contributed by atoms with Gasteiger partial charge in [-0.25, -0.2) is 8.42 Å². The molecule has 1 amide bonds. The van der Waals surface area contributed by atoms with Crippen molar-refractivity contribution in [1.82, 2.24) is 4.31 Å². The van der Waals surface area contributed by atoms with E-state index in [4.69, 9.17) is 4.74 Å². The molecule has 160 valence electrons. The summed E-state index contributed by atoms with van der Waals surface area (Å²) in [7, 11) is -3.63. The summed E-state index contributed by atoms with van der Waals surface area (Å²) in [6, 6.07) is 21.1. The number of hydrogen-bond donors (Lipinski definition) is 1. The molecule has 0 fully saturated rings. The lowest BCUT2D eigenvalue weighted by atomic mass is 10.0. The minimum Gasteiger partial charge on any atom is -0.494 e. The molecule has 1 heterocycles. The van der Waals surface area contributed by atoms with Crippen LogP contribution in [0.4, 0.5) is 5.69 Å². The standard InChI is InChI=1S/C24H24N2O4S/c1-2-30-22-9-5-8-21(16-22)25-24(27)19-10-12-23(13-11-19)31(28,29)26-15-14-18-6-3-4-7-20(18)17-26/h3-13,16H,2,14-15,17H2,1H3,(H,25,27). The fourth-order valence-electron chi connectivity index (χ4n) is 3.64. The number of amides is 1. The van der Waals surface area contributed by atoms with E-state index in [1.165, 1.54) is 34.1 Å². The predicted octanol–water partition coefficient (Wildman–Crippen LogP) is 4.08. The summed E-state index contributed by atoms with van der Waals surface area (Å²) in [5.74, 6) is 0.356. The summed E-state index contributed by atoms with van der Waals surface area (Å²) >= 11 is 0. The van der Waals surface area contributed by atoms with Crippen LogP contribution in [0.1, 0.15) is 28.4 Å². The van der Waals surface area contributed by atoms with Crippen molar-refractivity contribution in [1.29, 1.82) is 0 Å². The molecule has 1 N–H and O–H groups in total. The largest absolute Gasteiger partial charge is 0.494 e. The lowest BCUT2D eigenvalue weighted by Crippen LogP contribution is -2.35. The zero-order chi connectivity index (χ0) is 21.8. The highest BCUT2D eigenvalue weighted by Gasteiger charge is 2.28. The highest BCUT2D eigenvalue weighted by Crippen LogP contribution is 2.25. The van der Waals surface area contributed by atoms with Crippen LogP contribution in [0.15, 0.2) is 77.7 Å². The Labute approximate surface area is 182 Å². The van der Waals surface area contributed by atoms with Gasteiger partial charge in [-0.15, -0.1) is 0 Å². The van der Waals surface area contributed by atoms with Crippen LogP contribution in [-0.2, 0) is 23.0 Å². The Balaban J connectivity index is 1.47. The molecule has 31 heavy (non-hydrogen) atoms. The molecule has 0 aliphatic carbocycles. The van der Waals surface area contributed by atoms with Gasteiger partial charge in [0.2, 0.25) is 10.0 Å². The molecular weight excluding hydrogens is 412 g/mol. The maximum atomic E-state index is 13.1. The summed E-state index contributed by atoms with van der Waals surface area (Å²) < 4.78 is 33.1. The Morgan fingerprint density at radius 3 is 2.48 bits per heavy atom. The van der Waals surface area contributed by atoms with E-state index in [-0.39, 0.29) is 10.8 Å². The Hall–Kier alpha value is -3.16. The van der Waals surface area contributed by atoms with Gasteiger partial charge in [0, 0.05) is 30.4 Å². The number of nitrogens with one attached hydrogen (secondary N) is 1. The smallest absolute Gasteiger partial charge is 0.255 e. The van der Waals surface area contributed by atoms with Crippen molar-refractivity contribution >= 4 is 21.6 Å². The van der Waals surface area contributed by atoms with Crippen molar-refractivity contribution in [2.75, 3.05) is 18.5 Å². The maximum Gasteiger partial charge on any atom is 0.255 e. The van der Waals surface area contributed by atoms with Gasteiger partial charge in [-0.05, 0) is 60.9 Å². The summed E-state index contributed by atoms with van der Waals surface area (Å²) in [5, 5.41) is 2.81. The monoisotopic (exact) mass is 436 g/mol. The zero-order valence-corrected chi connectivity index (χ0v) is 18.1. The average molecular weight is 437 g/mol. The second-order valence-corrected chi connectivity index (χ2v) is 9.23. The highest BCUT2D eigenvalue weighted by atomic mass is 32.2. The van der Waals surface area contributed by atoms with Crippen LogP contribution in [0.25, 0.3) is 0 Å². The van der Waals surface area contributed by atoms with Crippen LogP contribution in [-0.4, -0.2) is 31.8 Å². The Kier molecular flexibility index (Phi) is 6.06. The molecule has 1 aliphatic heterocycles. The summed E-state index contributed by atoms with van der Waals surface area (Å²) in [4.78, 5) is 12.8. The van der Waals surface area contributed by atoms with E-state index in [2.05, 4.69) is 5.32 Å². The van der Waals surface area contributed by atoms with Crippen molar-refractivity contribution in [3.8, 4) is 5.75 Å². The molecule has 1 aliphatic rings. The average Bonchev–Trinajstić information content (AvgIpc) is 2.79. The van der Waals surface area contributed by atoms with Gasteiger partial charge >= 0.3 is 0 Å². The molecule has 3 aromatic carbocycles. The van der Waals surface area contributed by atoms with Gasteiger partial charge in [0.1, 0.15) is 5.75 Å². The normalized spacial score (nSPS) is 14.0. The number of ether oxygens (including phenoxy) is 1. The van der Waals surface area contributed by atoms with Crippen LogP contribution in [0, 0.1) is 0 Å². The molecule has 0 spiro atoms. The highest BCUT2D eigenvalue weighted by molar-refractivity contribution is 7.89. The van der Waals surface area contributed by atoms with Gasteiger partial charge in [-0.3, -0.25) is 4.79 Å². The summed E-state index contributed by atoms with van der Waals surface area (Å²) in [6.07, 6.45) is 0.691. The van der Waals surface area contributed by atoms with E-state index in [1.807, 2.05) is 37.3 Å². The van der Waals surface area contributed by atoms with Crippen LogP contribution in [0.3, 0.4) is 0 Å². The first-order valence-electron chi connectivity index (χ1n) is 10.2. The molecule has 0 saturated carbocycles. The van der Waals surface area contributed by atoms with E-state index in [0.29, 0.717) is 43.1 Å². The molecule has 0 saturated heterocycles. The first-order valence-corrected chi connectivity index (χ1v) is 11.6. The number of anilines is 1. The van der Waals surface area contributed by atoms with Crippen LogP contribution < -0.4 is 10.1 Å². The second kappa shape index (κ2) is 8.91. The molecule has 4 rings (SSSR count). The van der Waals surface area contributed by atoms with Crippen LogP contribution in [0.2, 0.25) is 0 Å². The SMILES string of the molecule is CCOc1cccc(NC(=O)c2ccc(S(=O)(=O)N3CCc4ccccc4C3)cc2)c1. The fraction of sp³-hybridized carbons (Fsp3) is 0.208. The minimum absolute atomic E-state index is 0.182. The maximum absolute atomic E-state index is 13.1. The van der Waals surface area contributed by atoms with E-state index in [1.54, 1.807) is 18.2 Å². The molecule has 0 radical (unpaired) electrons. The number of rotatable bonds is 6. The third kappa shape index (κ3) is 4.62. The molecular formula is C24H24N2O4S. The molecule has 0 aromatic heterocycles. The lowest BCUT2D eigenvalue weighted by molar-refractivity contribution is 0.102. The number of fused-ring (bicyclic) bond motifs is 1. The minimum atomic E-state index is -3.63. The zero-order valence-electron chi connectivity index (χ0n) is 17.2. The summed E-state index contributed by atoms with van der Waals surface area (Å²) in [6.45, 7) is 3.23. The first-order chi connectivity index (χ1) is 15.0. The number of carbonyl (C=O) groups excluding carboxylic acids is 1. The number of nitrogens with zero attached hydrogens (tertiary/aromatic N) is 1. The quantitative estimate of drug-likeness (QED) is 0.632. The summed E-state index contributed by atoms with van der Waals surface area (Å²) in [5.41, 5.74) is 3.21. The molecule has 6 nitrogen and oxygen atoms in total. The lowest BCUT2D eigenvalue weighted by Gasteiger charge is -2.28. The van der Waals surface area contributed by atoms with E-state index in [0.717, 1.165) is 5.56 Å². The molecule has 3 aromatic rings. The molecule has 0 atom stereocenters. The van der Waals surface area contributed by atoms with E-state index >= 15 is 0 Å². The van der Waals surface area contributed by atoms with E-state index < -0.39 is 10.0 Å². The molecule has 0 bridgehead atoms. The van der Waals surface area contributed by atoms with Gasteiger partial charge < -0.3 is 10.1 Å². The van der Waals surface area contributed by atoms with Gasteiger partial charge in [-0.2, -0.15) is 4.31 Å². The van der Waals surface area contributed by atoms with E-state index in [9.17, 15) is 13.2 Å². The van der Waals surface area contributed by atoms with Gasteiger partial charge in [0.25, 0.3) is 5.91 Å². The van der Waals surface area contributed by atoms with Gasteiger partial charge in [-0.1, -0.05) is 30.3 Å². The first kappa shape index (κ1) is 21.1. The Morgan fingerprint density at radius 1 is 1.00 bits per heavy atom. The van der Waals surface area contributed by atoms with Crippen LogP contribution >= 0.6 is 0 Å². The van der Waals surface area contributed by atoms with Gasteiger partial charge in [0.15, 0.2) is 0 Å². The topological polar surface area (TPSA) is 75.7 Å².